The Bertz CT molecular complexity index is 394. The zero-order valence-corrected chi connectivity index (χ0v) is 8.14. The highest BCUT2D eigenvalue weighted by Gasteiger charge is 2.21. The van der Waals surface area contributed by atoms with Crippen molar-refractivity contribution in [1.29, 1.82) is 0 Å². The quantitative estimate of drug-likeness (QED) is 0.572. The highest BCUT2D eigenvalue weighted by molar-refractivity contribution is 5.52. The summed E-state index contributed by atoms with van der Waals surface area (Å²) in [4.78, 5) is 36.1. The molecule has 17 heavy (non-hydrogen) atoms. The number of nitrogens with zero attached hydrogens (tertiary/aromatic N) is 3. The Balaban J connectivity index is 0.00000121. The Morgan fingerprint density at radius 1 is 0.706 bits per heavy atom. The summed E-state index contributed by atoms with van der Waals surface area (Å²) < 4.78 is 0. The number of nitro benzene ring substituents is 3. The van der Waals surface area contributed by atoms with Crippen molar-refractivity contribution in [3.63, 3.8) is 0 Å². The van der Waals surface area contributed by atoms with Crippen molar-refractivity contribution in [3.8, 4) is 0 Å². The fraction of sp³-hybridized carbons (Fsp3) is 0. The molecule has 0 amide bonds. The Morgan fingerprint density at radius 3 is 1.00 bits per heavy atom. The normalized spacial score (nSPS) is 8.71. The number of rotatable bonds is 3. The summed E-state index contributed by atoms with van der Waals surface area (Å²) in [5.41, 5.74) is -2.05. The van der Waals surface area contributed by atoms with Crippen LogP contribution in [0.3, 0.4) is 0 Å². The molecule has 0 aliphatic carbocycles. The summed E-state index contributed by atoms with van der Waals surface area (Å²) in [7, 11) is 0. The Labute approximate surface area is 92.9 Å². The van der Waals surface area contributed by atoms with Crippen LogP contribution in [0.2, 0.25) is 0 Å². The predicted molar refractivity (Wildman–Crippen MR) is 53.5 cm³/mol. The molecule has 0 unspecified atom stereocenters. The number of nitro groups is 3. The van der Waals surface area contributed by atoms with Crippen molar-refractivity contribution < 1.29 is 19.6 Å². The van der Waals surface area contributed by atoms with E-state index in [1.807, 2.05) is 6.79 Å². The third kappa shape index (κ3) is 3.62. The first-order chi connectivity index (χ1) is 7.91. The van der Waals surface area contributed by atoms with E-state index in [-0.39, 0.29) is 0 Å². The number of hydrogen-bond acceptors (Lipinski definition) is 7. The molecule has 0 spiro atoms. The summed E-state index contributed by atoms with van der Waals surface area (Å²) in [6.45, 7) is 2.00. The molecule has 0 fully saturated rings. The maximum absolute atomic E-state index is 10.3. The van der Waals surface area contributed by atoms with Gasteiger partial charge in [-0.2, -0.15) is 0 Å². The Hall–Kier alpha value is -2.91. The first kappa shape index (κ1) is 14.1. The minimum Gasteiger partial charge on any atom is -0.307 e. The molecule has 1 aromatic carbocycles. The van der Waals surface area contributed by atoms with E-state index in [0.29, 0.717) is 18.2 Å². The van der Waals surface area contributed by atoms with Gasteiger partial charge in [0.2, 0.25) is 0 Å². The molecule has 1 aromatic rings. The Kier molecular flexibility index (Phi) is 4.85. The van der Waals surface area contributed by atoms with Crippen molar-refractivity contribution in [2.45, 2.75) is 0 Å². The third-order valence-corrected chi connectivity index (χ3v) is 1.52. The molecular weight excluding hydrogens is 238 g/mol. The fourth-order valence-electron chi connectivity index (χ4n) is 0.896. The van der Waals surface area contributed by atoms with Crippen LogP contribution in [0.4, 0.5) is 17.1 Å². The summed E-state index contributed by atoms with van der Waals surface area (Å²) in [5.74, 6) is 0. The van der Waals surface area contributed by atoms with Crippen LogP contribution in [0.25, 0.3) is 0 Å². The number of benzene rings is 1. The van der Waals surface area contributed by atoms with Crippen molar-refractivity contribution in [2.75, 3.05) is 0 Å². The molecule has 0 saturated carbocycles. The second-order valence-electron chi connectivity index (χ2n) is 2.48. The molecule has 0 radical (unpaired) electrons. The standard InChI is InChI=1S/C6H3N3O6.CH2O/c10-7(11)4-1-5(8(12)13)3-6(2-4)9(14)15;1-2/h1-3H;1H2. The van der Waals surface area contributed by atoms with Crippen LogP contribution in [0.5, 0.6) is 0 Å². The second kappa shape index (κ2) is 5.85. The fourth-order valence-corrected chi connectivity index (χ4v) is 0.896. The third-order valence-electron chi connectivity index (χ3n) is 1.52. The van der Waals surface area contributed by atoms with E-state index in [1.54, 1.807) is 0 Å². The van der Waals surface area contributed by atoms with Gasteiger partial charge in [-0.1, -0.05) is 0 Å². The highest BCUT2D eigenvalue weighted by Crippen LogP contribution is 2.26. The van der Waals surface area contributed by atoms with Gasteiger partial charge >= 0.3 is 0 Å². The molecule has 1 rings (SSSR count). The maximum atomic E-state index is 10.3. The number of carbonyl (C=O) groups is 1. The smallest absolute Gasteiger partial charge is 0.283 e. The largest absolute Gasteiger partial charge is 0.307 e. The van der Waals surface area contributed by atoms with E-state index < -0.39 is 31.8 Å². The zero-order valence-electron chi connectivity index (χ0n) is 8.14. The molecule has 10 nitrogen and oxygen atoms in total. The molecule has 0 aromatic heterocycles. The molecule has 0 N–H and O–H groups in total. The minimum atomic E-state index is -0.931. The topological polar surface area (TPSA) is 146 Å². The van der Waals surface area contributed by atoms with Crippen molar-refractivity contribution in [2.24, 2.45) is 0 Å². The van der Waals surface area contributed by atoms with Gasteiger partial charge in [-0.05, 0) is 0 Å². The lowest BCUT2D eigenvalue weighted by Crippen LogP contribution is -1.96. The van der Waals surface area contributed by atoms with Gasteiger partial charge in [0.05, 0.1) is 33.0 Å². The first-order valence-electron chi connectivity index (χ1n) is 3.79. The summed E-state index contributed by atoms with van der Waals surface area (Å²) >= 11 is 0. The molecule has 0 aliphatic heterocycles. The summed E-state index contributed by atoms with van der Waals surface area (Å²) in [6, 6.07) is 1.98. The van der Waals surface area contributed by atoms with E-state index >= 15 is 0 Å². The van der Waals surface area contributed by atoms with Crippen LogP contribution in [0.15, 0.2) is 18.2 Å². The van der Waals surface area contributed by atoms with E-state index in [2.05, 4.69) is 0 Å². The average Bonchev–Trinajstić information content (AvgIpc) is 2.30. The number of carbonyl (C=O) groups excluding carboxylic acids is 1. The van der Waals surface area contributed by atoms with Gasteiger partial charge in [0.15, 0.2) is 0 Å². The van der Waals surface area contributed by atoms with E-state index in [1.165, 1.54) is 0 Å². The van der Waals surface area contributed by atoms with E-state index in [4.69, 9.17) is 4.79 Å². The lowest BCUT2D eigenvalue weighted by molar-refractivity contribution is -0.403. The number of hydrogen-bond donors (Lipinski definition) is 0. The molecule has 0 heterocycles. The molecule has 0 atom stereocenters. The molecular formula is C7H5N3O7. The zero-order chi connectivity index (χ0) is 13.6. The molecule has 90 valence electrons. The van der Waals surface area contributed by atoms with Crippen molar-refractivity contribution in [3.05, 3.63) is 48.5 Å². The van der Waals surface area contributed by atoms with Crippen LogP contribution in [0.1, 0.15) is 0 Å². The molecule has 0 bridgehead atoms. The lowest BCUT2D eigenvalue weighted by atomic mass is 10.2. The summed E-state index contributed by atoms with van der Waals surface area (Å²) in [6.07, 6.45) is 0. The predicted octanol–water partition coefficient (Wildman–Crippen LogP) is 1.23. The van der Waals surface area contributed by atoms with Crippen LogP contribution in [-0.2, 0) is 4.79 Å². The monoisotopic (exact) mass is 243 g/mol. The van der Waals surface area contributed by atoms with Crippen LogP contribution in [-0.4, -0.2) is 21.6 Å². The first-order valence-corrected chi connectivity index (χ1v) is 3.79. The van der Waals surface area contributed by atoms with Crippen LogP contribution in [0, 0.1) is 30.3 Å². The van der Waals surface area contributed by atoms with Crippen molar-refractivity contribution >= 4 is 23.9 Å². The molecule has 0 saturated heterocycles. The van der Waals surface area contributed by atoms with Gasteiger partial charge in [0, 0.05) is 0 Å². The number of non-ortho nitro benzene ring substituents is 3. The van der Waals surface area contributed by atoms with Gasteiger partial charge in [-0.15, -0.1) is 0 Å². The lowest BCUT2D eigenvalue weighted by Gasteiger charge is -1.93. The molecule has 0 aliphatic rings. The SMILES string of the molecule is C=O.O=[N+]([O-])c1cc([N+](=O)[O-])cc([N+](=O)[O-])c1. The maximum Gasteiger partial charge on any atom is 0.283 e. The van der Waals surface area contributed by atoms with Gasteiger partial charge in [-0.3, -0.25) is 30.3 Å². The highest BCUT2D eigenvalue weighted by atomic mass is 16.6. The van der Waals surface area contributed by atoms with E-state index in [0.717, 1.165) is 0 Å². The van der Waals surface area contributed by atoms with Crippen LogP contribution >= 0.6 is 0 Å². The second-order valence-corrected chi connectivity index (χ2v) is 2.48. The summed E-state index contributed by atoms with van der Waals surface area (Å²) in [5, 5.41) is 30.9. The van der Waals surface area contributed by atoms with Gasteiger partial charge in [0.25, 0.3) is 17.1 Å². The van der Waals surface area contributed by atoms with Gasteiger partial charge < -0.3 is 4.79 Å². The van der Waals surface area contributed by atoms with Crippen LogP contribution < -0.4 is 0 Å². The average molecular weight is 243 g/mol. The van der Waals surface area contributed by atoms with Crippen molar-refractivity contribution in [1.82, 2.24) is 0 Å². The van der Waals surface area contributed by atoms with E-state index in [9.17, 15) is 30.3 Å². The Morgan fingerprint density at radius 2 is 0.882 bits per heavy atom. The van der Waals surface area contributed by atoms with Gasteiger partial charge in [-0.25, -0.2) is 0 Å². The van der Waals surface area contributed by atoms with Gasteiger partial charge in [0.1, 0.15) is 6.79 Å². The molecule has 10 heteroatoms. The minimum absolute atomic E-state index is 0.660.